The van der Waals surface area contributed by atoms with Crippen LogP contribution in [0.1, 0.15) is 63.9 Å². The number of rotatable bonds is 7. The van der Waals surface area contributed by atoms with E-state index >= 15 is 0 Å². The van der Waals surface area contributed by atoms with Crippen LogP contribution >= 0.6 is 0 Å². The number of carbonyl (C=O) groups excluding carboxylic acids is 2. The van der Waals surface area contributed by atoms with E-state index in [9.17, 15) is 14.4 Å². The van der Waals surface area contributed by atoms with Crippen molar-refractivity contribution in [3.8, 4) is 5.75 Å². The molecule has 188 valence electrons. The van der Waals surface area contributed by atoms with E-state index in [4.69, 9.17) is 9.15 Å². The lowest BCUT2D eigenvalue weighted by molar-refractivity contribution is 0.0733. The number of carbonyl (C=O) groups is 2. The van der Waals surface area contributed by atoms with Crippen molar-refractivity contribution in [3.05, 3.63) is 112 Å². The normalized spacial score (nSPS) is 13.8. The number of fused-ring (bicyclic) bond motifs is 1. The SMILES string of the molecule is O=C(Oc1ccc2cc(C(=O)NC3CCCCC3)c(=O)oc2c1)c1ccccc1CCc1ccccc1. The van der Waals surface area contributed by atoms with Crippen molar-refractivity contribution in [3.63, 3.8) is 0 Å². The molecule has 1 N–H and O–H groups in total. The van der Waals surface area contributed by atoms with Crippen molar-refractivity contribution in [2.75, 3.05) is 0 Å². The van der Waals surface area contributed by atoms with Crippen LogP contribution in [0.3, 0.4) is 0 Å². The Bertz CT molecular complexity index is 1470. The first-order valence-corrected chi connectivity index (χ1v) is 12.8. The molecule has 4 aromatic rings. The molecule has 0 aliphatic heterocycles. The minimum atomic E-state index is -0.712. The van der Waals surface area contributed by atoms with Crippen LogP contribution in [0.25, 0.3) is 11.0 Å². The molecule has 1 aromatic heterocycles. The summed E-state index contributed by atoms with van der Waals surface area (Å²) in [5, 5.41) is 3.53. The number of hydrogen-bond acceptors (Lipinski definition) is 5. The van der Waals surface area contributed by atoms with Crippen LogP contribution in [0.5, 0.6) is 5.75 Å². The van der Waals surface area contributed by atoms with Gasteiger partial charge < -0.3 is 14.5 Å². The van der Waals surface area contributed by atoms with Gasteiger partial charge in [-0.05, 0) is 61.1 Å². The summed E-state index contributed by atoms with van der Waals surface area (Å²) >= 11 is 0. The van der Waals surface area contributed by atoms with E-state index in [-0.39, 0.29) is 22.9 Å². The third-order valence-corrected chi connectivity index (χ3v) is 6.87. The number of nitrogens with one attached hydrogen (secondary N) is 1. The Kier molecular flexibility index (Phi) is 7.45. The fraction of sp³-hybridized carbons (Fsp3) is 0.258. The van der Waals surface area contributed by atoms with Gasteiger partial charge in [0.2, 0.25) is 0 Å². The summed E-state index contributed by atoms with van der Waals surface area (Å²) in [4.78, 5) is 38.3. The van der Waals surface area contributed by atoms with Crippen molar-refractivity contribution >= 4 is 22.8 Å². The Morgan fingerprint density at radius 2 is 1.59 bits per heavy atom. The first-order valence-electron chi connectivity index (χ1n) is 12.8. The standard InChI is InChI=1S/C31H29NO5/c33-29(32-24-12-5-2-6-13-24)27-19-23-17-18-25(20-28(23)37-31(27)35)36-30(34)26-14-8-7-11-22(26)16-15-21-9-3-1-4-10-21/h1,3-4,7-11,14,17-20,24H,2,5-6,12-13,15-16H2,(H,32,33). The molecule has 1 fully saturated rings. The summed E-state index contributed by atoms with van der Waals surface area (Å²) in [6.07, 6.45) is 6.70. The number of aryl methyl sites for hydroxylation is 2. The van der Waals surface area contributed by atoms with E-state index < -0.39 is 17.5 Å². The largest absolute Gasteiger partial charge is 0.423 e. The molecule has 0 atom stereocenters. The molecule has 3 aromatic carbocycles. The zero-order valence-electron chi connectivity index (χ0n) is 20.6. The summed E-state index contributed by atoms with van der Waals surface area (Å²) in [6.45, 7) is 0. The Morgan fingerprint density at radius 1 is 0.838 bits per heavy atom. The van der Waals surface area contributed by atoms with E-state index in [0.717, 1.165) is 37.7 Å². The van der Waals surface area contributed by atoms with Crippen LogP contribution < -0.4 is 15.7 Å². The Labute approximate surface area is 215 Å². The summed E-state index contributed by atoms with van der Waals surface area (Å²) in [6, 6.07) is 23.9. The smallest absolute Gasteiger partial charge is 0.349 e. The molecule has 5 rings (SSSR count). The van der Waals surface area contributed by atoms with Crippen molar-refractivity contribution in [2.45, 2.75) is 51.0 Å². The highest BCUT2D eigenvalue weighted by Crippen LogP contribution is 2.23. The fourth-order valence-corrected chi connectivity index (χ4v) is 4.85. The summed E-state index contributed by atoms with van der Waals surface area (Å²) in [5.41, 5.74) is 2.11. The van der Waals surface area contributed by atoms with Gasteiger partial charge in [0.1, 0.15) is 16.9 Å². The maximum absolute atomic E-state index is 13.0. The molecular formula is C31H29NO5. The van der Waals surface area contributed by atoms with Crippen molar-refractivity contribution in [1.82, 2.24) is 5.32 Å². The molecular weight excluding hydrogens is 466 g/mol. The second-order valence-corrected chi connectivity index (χ2v) is 9.49. The van der Waals surface area contributed by atoms with Gasteiger partial charge in [0.15, 0.2) is 0 Å². The number of benzene rings is 3. The average Bonchev–Trinajstić information content (AvgIpc) is 2.92. The fourth-order valence-electron chi connectivity index (χ4n) is 4.85. The lowest BCUT2D eigenvalue weighted by Crippen LogP contribution is -2.38. The molecule has 0 bridgehead atoms. The zero-order valence-corrected chi connectivity index (χ0v) is 20.6. The minimum Gasteiger partial charge on any atom is -0.423 e. The molecule has 6 nitrogen and oxygen atoms in total. The van der Waals surface area contributed by atoms with Gasteiger partial charge in [0.05, 0.1) is 5.56 Å². The predicted molar refractivity (Wildman–Crippen MR) is 142 cm³/mol. The number of esters is 1. The van der Waals surface area contributed by atoms with Crippen LogP contribution in [0.4, 0.5) is 0 Å². The van der Waals surface area contributed by atoms with Crippen molar-refractivity contribution in [1.29, 1.82) is 0 Å². The maximum Gasteiger partial charge on any atom is 0.349 e. The quantitative estimate of drug-likeness (QED) is 0.197. The molecule has 0 saturated heterocycles. The first kappa shape index (κ1) is 24.5. The molecule has 0 spiro atoms. The second-order valence-electron chi connectivity index (χ2n) is 9.49. The van der Waals surface area contributed by atoms with Gasteiger partial charge in [-0.1, -0.05) is 67.8 Å². The van der Waals surface area contributed by atoms with E-state index in [1.54, 1.807) is 18.2 Å². The number of amides is 1. The van der Waals surface area contributed by atoms with Crippen molar-refractivity contribution in [2.24, 2.45) is 0 Å². The molecule has 1 amide bonds. The Balaban J connectivity index is 1.30. The van der Waals surface area contributed by atoms with Gasteiger partial charge in [-0.2, -0.15) is 0 Å². The lowest BCUT2D eigenvalue weighted by Gasteiger charge is -2.22. The highest BCUT2D eigenvalue weighted by molar-refractivity contribution is 5.97. The van der Waals surface area contributed by atoms with Gasteiger partial charge in [0, 0.05) is 17.5 Å². The topological polar surface area (TPSA) is 85.6 Å². The molecule has 0 unspecified atom stereocenters. The van der Waals surface area contributed by atoms with Crippen LogP contribution in [0.15, 0.2) is 88.1 Å². The van der Waals surface area contributed by atoms with E-state index in [1.807, 2.05) is 36.4 Å². The van der Waals surface area contributed by atoms with Crippen molar-refractivity contribution < 1.29 is 18.7 Å². The van der Waals surface area contributed by atoms with E-state index in [0.29, 0.717) is 17.4 Å². The first-order chi connectivity index (χ1) is 18.1. The molecule has 1 aliphatic carbocycles. The third-order valence-electron chi connectivity index (χ3n) is 6.87. The lowest BCUT2D eigenvalue weighted by atomic mass is 9.95. The highest BCUT2D eigenvalue weighted by atomic mass is 16.5. The van der Waals surface area contributed by atoms with Gasteiger partial charge >= 0.3 is 11.6 Å². The van der Waals surface area contributed by atoms with E-state index in [2.05, 4.69) is 17.4 Å². The molecule has 0 radical (unpaired) electrons. The molecule has 37 heavy (non-hydrogen) atoms. The zero-order chi connectivity index (χ0) is 25.6. The van der Waals surface area contributed by atoms with Gasteiger partial charge in [-0.25, -0.2) is 9.59 Å². The van der Waals surface area contributed by atoms with Gasteiger partial charge in [-0.15, -0.1) is 0 Å². The highest BCUT2D eigenvalue weighted by Gasteiger charge is 2.20. The Morgan fingerprint density at radius 3 is 2.41 bits per heavy atom. The molecule has 6 heteroatoms. The summed E-state index contributed by atoms with van der Waals surface area (Å²) < 4.78 is 11.1. The summed E-state index contributed by atoms with van der Waals surface area (Å²) in [5.74, 6) is -0.628. The molecule has 1 saturated carbocycles. The van der Waals surface area contributed by atoms with Gasteiger partial charge in [-0.3, -0.25) is 4.79 Å². The minimum absolute atomic E-state index is 0.0184. The maximum atomic E-state index is 13.0. The second kappa shape index (κ2) is 11.2. The van der Waals surface area contributed by atoms with Crippen LogP contribution in [0, 0.1) is 0 Å². The Hall–Kier alpha value is -4.19. The predicted octanol–water partition coefficient (Wildman–Crippen LogP) is 5.86. The van der Waals surface area contributed by atoms with Crippen LogP contribution in [0.2, 0.25) is 0 Å². The average molecular weight is 496 g/mol. The summed E-state index contributed by atoms with van der Waals surface area (Å²) in [7, 11) is 0. The molecule has 1 heterocycles. The third kappa shape index (κ3) is 5.97. The van der Waals surface area contributed by atoms with Gasteiger partial charge in [0.25, 0.3) is 5.91 Å². The van der Waals surface area contributed by atoms with E-state index in [1.165, 1.54) is 24.1 Å². The molecule has 1 aliphatic rings. The number of ether oxygens (including phenoxy) is 1. The number of hydrogen-bond donors (Lipinski definition) is 1. The monoisotopic (exact) mass is 495 g/mol. The van der Waals surface area contributed by atoms with Crippen LogP contribution in [-0.2, 0) is 12.8 Å². The van der Waals surface area contributed by atoms with Crippen LogP contribution in [-0.4, -0.2) is 17.9 Å².